The lowest BCUT2D eigenvalue weighted by atomic mass is 9.96. The molecule has 0 saturated heterocycles. The normalized spacial score (nSPS) is 26.2. The van der Waals surface area contributed by atoms with Crippen LogP contribution in [0.25, 0.3) is 0 Å². The lowest BCUT2D eigenvalue weighted by Crippen LogP contribution is -2.39. The summed E-state index contributed by atoms with van der Waals surface area (Å²) in [5, 5.41) is 4.33. The van der Waals surface area contributed by atoms with Crippen molar-refractivity contribution in [3.8, 4) is 0 Å². The van der Waals surface area contributed by atoms with E-state index in [0.717, 1.165) is 24.6 Å². The van der Waals surface area contributed by atoms with Crippen LogP contribution < -0.4 is 5.73 Å². The Labute approximate surface area is 83.3 Å². The third-order valence-electron chi connectivity index (χ3n) is 2.68. The highest BCUT2D eigenvalue weighted by atomic mass is 16.5. The molecule has 78 valence electrons. The highest BCUT2D eigenvalue weighted by Crippen LogP contribution is 2.17. The number of rotatable bonds is 2. The lowest BCUT2D eigenvalue weighted by molar-refractivity contribution is 0.177. The maximum atomic E-state index is 5.96. The van der Waals surface area contributed by atoms with E-state index in [1.165, 1.54) is 0 Å². The molecule has 0 aromatic carbocycles. The zero-order chi connectivity index (χ0) is 10.1. The SMILES string of the molecule is COCc1nc2n(n1)CC(N)C(C)C2. The van der Waals surface area contributed by atoms with Gasteiger partial charge in [0.25, 0.3) is 0 Å². The lowest BCUT2D eigenvalue weighted by Gasteiger charge is -2.25. The first-order chi connectivity index (χ1) is 6.70. The predicted molar refractivity (Wildman–Crippen MR) is 51.6 cm³/mol. The van der Waals surface area contributed by atoms with Crippen LogP contribution in [0.2, 0.25) is 0 Å². The molecule has 2 atom stereocenters. The Bertz CT molecular complexity index is 295. The molecule has 0 radical (unpaired) electrons. The molecule has 0 spiro atoms. The fourth-order valence-corrected chi connectivity index (χ4v) is 1.73. The summed E-state index contributed by atoms with van der Waals surface area (Å²) in [6, 6.07) is 0.194. The van der Waals surface area contributed by atoms with Crippen LogP contribution in [0.3, 0.4) is 0 Å². The summed E-state index contributed by atoms with van der Waals surface area (Å²) in [5.41, 5.74) is 5.96. The average molecular weight is 196 g/mol. The maximum absolute atomic E-state index is 5.96. The third-order valence-corrected chi connectivity index (χ3v) is 2.68. The summed E-state index contributed by atoms with van der Waals surface area (Å²) < 4.78 is 6.89. The van der Waals surface area contributed by atoms with Crippen LogP contribution in [0, 0.1) is 5.92 Å². The first-order valence-corrected chi connectivity index (χ1v) is 4.88. The average Bonchev–Trinajstić information content (AvgIpc) is 2.48. The van der Waals surface area contributed by atoms with Crippen LogP contribution in [-0.2, 0) is 24.3 Å². The smallest absolute Gasteiger partial charge is 0.176 e. The van der Waals surface area contributed by atoms with Crippen LogP contribution in [-0.4, -0.2) is 27.9 Å². The largest absolute Gasteiger partial charge is 0.377 e. The molecule has 5 nitrogen and oxygen atoms in total. The van der Waals surface area contributed by atoms with Gasteiger partial charge < -0.3 is 10.5 Å². The van der Waals surface area contributed by atoms with Gasteiger partial charge in [0.15, 0.2) is 5.82 Å². The van der Waals surface area contributed by atoms with Crippen LogP contribution >= 0.6 is 0 Å². The predicted octanol–water partition coefficient (Wildman–Crippen LogP) is -0.0560. The third kappa shape index (κ3) is 1.65. The molecule has 1 aliphatic rings. The summed E-state index contributed by atoms with van der Waals surface area (Å²) >= 11 is 0. The fourth-order valence-electron chi connectivity index (χ4n) is 1.73. The molecule has 5 heteroatoms. The molecule has 1 aromatic rings. The van der Waals surface area contributed by atoms with Gasteiger partial charge in [-0.15, -0.1) is 0 Å². The first kappa shape index (κ1) is 9.61. The van der Waals surface area contributed by atoms with Crippen molar-refractivity contribution in [1.82, 2.24) is 14.8 Å². The van der Waals surface area contributed by atoms with E-state index in [2.05, 4.69) is 17.0 Å². The summed E-state index contributed by atoms with van der Waals surface area (Å²) in [7, 11) is 1.65. The summed E-state index contributed by atoms with van der Waals surface area (Å²) in [4.78, 5) is 4.40. The van der Waals surface area contributed by atoms with Gasteiger partial charge in [0.1, 0.15) is 12.4 Å². The molecule has 0 fully saturated rings. The molecule has 1 aromatic heterocycles. The number of nitrogens with zero attached hydrogens (tertiary/aromatic N) is 3. The van der Waals surface area contributed by atoms with Crippen molar-refractivity contribution in [1.29, 1.82) is 0 Å². The Kier molecular flexibility index (Phi) is 2.52. The maximum Gasteiger partial charge on any atom is 0.176 e. The molecule has 2 heterocycles. The fraction of sp³-hybridized carbons (Fsp3) is 0.778. The zero-order valence-corrected chi connectivity index (χ0v) is 8.60. The standard InChI is InChI=1S/C9H16N4O/c1-6-3-9-11-8(5-14-2)12-13(9)4-7(6)10/h6-7H,3-5,10H2,1-2H3. The van der Waals surface area contributed by atoms with E-state index in [-0.39, 0.29) is 6.04 Å². The second-order valence-electron chi connectivity index (χ2n) is 3.90. The topological polar surface area (TPSA) is 66.0 Å². The van der Waals surface area contributed by atoms with Gasteiger partial charge in [-0.1, -0.05) is 6.92 Å². The second kappa shape index (κ2) is 3.67. The molecule has 2 rings (SSSR count). The van der Waals surface area contributed by atoms with E-state index in [9.17, 15) is 0 Å². The molecule has 0 amide bonds. The minimum absolute atomic E-state index is 0.194. The van der Waals surface area contributed by atoms with Crippen molar-refractivity contribution >= 4 is 0 Å². The number of methoxy groups -OCH3 is 1. The summed E-state index contributed by atoms with van der Waals surface area (Å²) in [6.45, 7) is 3.40. The Morgan fingerprint density at radius 3 is 3.14 bits per heavy atom. The zero-order valence-electron chi connectivity index (χ0n) is 8.60. The second-order valence-corrected chi connectivity index (χ2v) is 3.90. The Morgan fingerprint density at radius 1 is 1.64 bits per heavy atom. The molecular weight excluding hydrogens is 180 g/mol. The van der Waals surface area contributed by atoms with Crippen molar-refractivity contribution in [2.24, 2.45) is 11.7 Å². The van der Waals surface area contributed by atoms with E-state index < -0.39 is 0 Å². The Balaban J connectivity index is 2.20. The summed E-state index contributed by atoms with van der Waals surface area (Å²) in [5.74, 6) is 2.28. The molecule has 0 saturated carbocycles. The molecule has 14 heavy (non-hydrogen) atoms. The molecule has 2 unspecified atom stereocenters. The number of nitrogens with two attached hydrogens (primary N) is 1. The van der Waals surface area contributed by atoms with Gasteiger partial charge in [-0.05, 0) is 5.92 Å². The van der Waals surface area contributed by atoms with Gasteiger partial charge >= 0.3 is 0 Å². The Morgan fingerprint density at radius 2 is 2.43 bits per heavy atom. The first-order valence-electron chi connectivity index (χ1n) is 4.88. The van der Waals surface area contributed by atoms with Crippen LogP contribution in [0.5, 0.6) is 0 Å². The van der Waals surface area contributed by atoms with Crippen molar-refractivity contribution in [2.75, 3.05) is 7.11 Å². The minimum atomic E-state index is 0.194. The quantitative estimate of drug-likeness (QED) is 0.720. The molecular formula is C9H16N4O. The number of hydrogen-bond donors (Lipinski definition) is 1. The molecule has 1 aliphatic heterocycles. The van der Waals surface area contributed by atoms with Crippen LogP contribution in [0.4, 0.5) is 0 Å². The molecule has 0 aliphatic carbocycles. The number of hydrogen-bond acceptors (Lipinski definition) is 4. The van der Waals surface area contributed by atoms with E-state index >= 15 is 0 Å². The van der Waals surface area contributed by atoms with Crippen molar-refractivity contribution in [2.45, 2.75) is 32.5 Å². The van der Waals surface area contributed by atoms with E-state index in [4.69, 9.17) is 10.5 Å². The Hall–Kier alpha value is -0.940. The number of aromatic nitrogens is 3. The van der Waals surface area contributed by atoms with Crippen molar-refractivity contribution in [3.05, 3.63) is 11.6 Å². The van der Waals surface area contributed by atoms with Gasteiger partial charge in [0, 0.05) is 19.6 Å². The van der Waals surface area contributed by atoms with Crippen LogP contribution in [0.1, 0.15) is 18.6 Å². The molecule has 2 N–H and O–H groups in total. The van der Waals surface area contributed by atoms with Gasteiger partial charge in [-0.25, -0.2) is 9.67 Å². The van der Waals surface area contributed by atoms with Crippen molar-refractivity contribution < 1.29 is 4.74 Å². The monoisotopic (exact) mass is 196 g/mol. The van der Waals surface area contributed by atoms with E-state index in [1.54, 1.807) is 7.11 Å². The van der Waals surface area contributed by atoms with Gasteiger partial charge in [-0.3, -0.25) is 0 Å². The van der Waals surface area contributed by atoms with E-state index in [1.807, 2.05) is 4.68 Å². The number of fused-ring (bicyclic) bond motifs is 1. The highest BCUT2D eigenvalue weighted by molar-refractivity contribution is 4.99. The van der Waals surface area contributed by atoms with Crippen LogP contribution in [0.15, 0.2) is 0 Å². The molecule has 0 bridgehead atoms. The summed E-state index contributed by atoms with van der Waals surface area (Å²) in [6.07, 6.45) is 0.915. The van der Waals surface area contributed by atoms with Crippen molar-refractivity contribution in [3.63, 3.8) is 0 Å². The minimum Gasteiger partial charge on any atom is -0.377 e. The van der Waals surface area contributed by atoms with Gasteiger partial charge in [-0.2, -0.15) is 5.10 Å². The highest BCUT2D eigenvalue weighted by Gasteiger charge is 2.24. The number of ether oxygens (including phenoxy) is 1. The van der Waals surface area contributed by atoms with E-state index in [0.29, 0.717) is 12.5 Å². The van der Waals surface area contributed by atoms with Gasteiger partial charge in [0.05, 0.1) is 6.54 Å². The van der Waals surface area contributed by atoms with Gasteiger partial charge in [0.2, 0.25) is 0 Å².